The number of allylic oxidation sites excluding steroid dienone is 4. The third kappa shape index (κ3) is 5.16. The van der Waals surface area contributed by atoms with E-state index in [0.717, 1.165) is 74.6 Å². The quantitative estimate of drug-likeness (QED) is 0.222. The second-order valence-electron chi connectivity index (χ2n) is 30.3. The van der Waals surface area contributed by atoms with Gasteiger partial charge in [0.2, 0.25) is 0 Å². The summed E-state index contributed by atoms with van der Waals surface area (Å²) in [5.41, 5.74) is 14.9. The number of carbonyl (C=O) groups is 2. The minimum absolute atomic E-state index is 0.1000. The summed E-state index contributed by atoms with van der Waals surface area (Å²) in [5, 5.41) is 14.5. The first-order valence-electron chi connectivity index (χ1n) is 32.5. The highest BCUT2D eigenvalue weighted by Crippen LogP contribution is 2.90. The largest absolute Gasteiger partial charge is 0.508 e. The number of hydrogen-bond acceptors (Lipinski definition) is 8. The van der Waals surface area contributed by atoms with Crippen molar-refractivity contribution in [3.05, 3.63) is 80.5 Å². The average Bonchev–Trinajstić information content (AvgIpc) is 3.73. The first-order valence-corrected chi connectivity index (χ1v) is 32.5. The smallest absolute Gasteiger partial charge is 0.339 e. The van der Waals surface area contributed by atoms with Crippen LogP contribution < -0.4 is 5.73 Å². The van der Waals surface area contributed by atoms with Crippen molar-refractivity contribution in [3.63, 3.8) is 0 Å². The molecule has 10 aliphatic carbocycles. The summed E-state index contributed by atoms with van der Waals surface area (Å²) in [5.74, 6) is 3.88. The molecule has 8 heteroatoms. The lowest BCUT2D eigenvalue weighted by molar-refractivity contribution is -0.284. The van der Waals surface area contributed by atoms with E-state index in [2.05, 4.69) is 41.0 Å². The van der Waals surface area contributed by atoms with Crippen LogP contribution in [0.4, 0.5) is 0 Å². The van der Waals surface area contributed by atoms with Crippen LogP contribution in [0, 0.1) is 86.3 Å². The molecule has 0 amide bonds. The van der Waals surface area contributed by atoms with Crippen molar-refractivity contribution in [2.24, 2.45) is 92.0 Å². The number of nitrogens with zero attached hydrogens (tertiary/aromatic N) is 2. The van der Waals surface area contributed by atoms with Crippen LogP contribution >= 0.6 is 0 Å². The van der Waals surface area contributed by atoms with Crippen molar-refractivity contribution in [2.75, 3.05) is 19.6 Å². The second kappa shape index (κ2) is 15.5. The normalized spacial score (nSPS) is 47.5. The van der Waals surface area contributed by atoms with Gasteiger partial charge in [-0.1, -0.05) is 92.9 Å². The van der Waals surface area contributed by atoms with Crippen molar-refractivity contribution < 1.29 is 24.2 Å². The Morgan fingerprint density at radius 2 is 1.58 bits per heavy atom. The van der Waals surface area contributed by atoms with E-state index < -0.39 is 16.4 Å². The van der Waals surface area contributed by atoms with Gasteiger partial charge < -0.3 is 25.2 Å². The van der Waals surface area contributed by atoms with E-state index in [-0.39, 0.29) is 41.1 Å². The van der Waals surface area contributed by atoms with E-state index in [1.54, 1.807) is 22.4 Å². The number of piperidine rings is 3. The van der Waals surface area contributed by atoms with Crippen LogP contribution in [-0.2, 0) is 26.3 Å². The monoisotopic (exact) mass is 1030 g/mol. The lowest BCUT2D eigenvalue weighted by Gasteiger charge is -2.74. The Balaban J connectivity index is 0.932. The van der Waals surface area contributed by atoms with Gasteiger partial charge in [-0.05, 0) is 211 Å². The van der Waals surface area contributed by atoms with Crippen LogP contribution in [0.15, 0.2) is 63.8 Å². The molecule has 7 heterocycles. The Morgan fingerprint density at radius 3 is 2.37 bits per heavy atom. The summed E-state index contributed by atoms with van der Waals surface area (Å²) in [7, 11) is 0. The first-order chi connectivity index (χ1) is 37.1. The summed E-state index contributed by atoms with van der Waals surface area (Å²) in [6, 6.07) is 7.85. The average molecular weight is 1030 g/mol. The van der Waals surface area contributed by atoms with Gasteiger partial charge in [0.15, 0.2) is 11.4 Å². The minimum Gasteiger partial charge on any atom is -0.508 e. The van der Waals surface area contributed by atoms with Gasteiger partial charge in [0.05, 0.1) is 11.0 Å². The number of aliphatic hydroxyl groups excluding tert-OH is 1. The fourth-order valence-electron chi connectivity index (χ4n) is 26.4. The highest BCUT2D eigenvalue weighted by atomic mass is 16.6. The van der Waals surface area contributed by atoms with E-state index in [1.165, 1.54) is 141 Å². The number of rotatable bonds is 5. The van der Waals surface area contributed by atoms with Crippen molar-refractivity contribution in [1.82, 2.24) is 9.80 Å². The first kappa shape index (κ1) is 46.4. The summed E-state index contributed by atoms with van der Waals surface area (Å²) in [4.78, 5) is 38.8. The molecule has 6 saturated carbocycles. The number of aryl methyl sites for hydroxylation is 1. The van der Waals surface area contributed by atoms with Crippen molar-refractivity contribution in [2.45, 2.75) is 217 Å². The van der Waals surface area contributed by atoms with Crippen LogP contribution in [0.3, 0.4) is 0 Å². The number of nitrogens with two attached hydrogens (primary N) is 1. The van der Waals surface area contributed by atoms with Crippen molar-refractivity contribution in [3.8, 4) is 0 Å². The Morgan fingerprint density at radius 1 is 0.789 bits per heavy atom. The zero-order chi connectivity index (χ0) is 50.5. The standard InChI is InChI=1S/C68H87N3O5/c1-38-29-42-16-18-51-44-31-45-37-71(51)58(42)56-47-21-27-66-60(59(72)48-17-19-52(45)70(36-44)57(48)46-33-63(22-5-6-23-63)64(34-46)24-7-8-25-64)75-62(74)67(66)53(68(66)50-15-9-13-40(14-10-28-69)54(50)61(73)76-68)32-43(39-11-3-2-4-12-39)30-41-20-26-65(38,56)35-49(41)55(47)67/h9,13,15,30,38-39,43-46,48-49,51-53,56-57,72H,2-8,10-12,14,16-29,31-37,69H2,1H3/b41-30?,60-59+/t38-,43-,44+,45-,48-,49-,51-,52-,53+,56-,57+,65-,66-,67-,68-/m1/s1. The molecule has 1 aromatic carbocycles. The molecule has 15 atom stereocenters. The molecule has 8 nitrogen and oxygen atoms in total. The maximum Gasteiger partial charge on any atom is 0.339 e. The van der Waals surface area contributed by atoms with Gasteiger partial charge in [0.1, 0.15) is 11.2 Å². The third-order valence-electron chi connectivity index (χ3n) is 28.6. The Kier molecular flexibility index (Phi) is 9.49. The topological polar surface area (TPSA) is 105 Å². The minimum atomic E-state index is -1.13. The zero-order valence-electron chi connectivity index (χ0n) is 46.0. The van der Waals surface area contributed by atoms with E-state index in [9.17, 15) is 5.11 Å². The van der Waals surface area contributed by atoms with Gasteiger partial charge in [0.25, 0.3) is 0 Å². The van der Waals surface area contributed by atoms with E-state index in [1.807, 2.05) is 0 Å². The lowest BCUT2D eigenvalue weighted by Crippen LogP contribution is -2.78. The number of esters is 2. The van der Waals surface area contributed by atoms with Gasteiger partial charge in [-0.25, -0.2) is 4.79 Å². The molecule has 4 saturated heterocycles. The highest BCUT2D eigenvalue weighted by Gasteiger charge is 2.94. The van der Waals surface area contributed by atoms with Gasteiger partial charge in [-0.2, -0.15) is 0 Å². The SMILES string of the molecule is C[C@@H]1CC2=C3[C@H]4C5=C6[C@@H]7C[C@@]41CCC7=C[C@@H](C1CCCCC1)C[C@H]1[C@]64C(=O)O/C(=C(/O)[C@@H]6CC[C@@H]7[C@@H]8C[C@@H](CN7[C@H]6C6CC7(CCCC7)C7(CCCC7)C6)[C@@H](CC2)N3C8)[C@@]4(CC5)[C@]12OC(=O)c1c(CCCN)cccc12. The molecule has 0 unspecified atom stereocenters. The zero-order valence-corrected chi connectivity index (χ0v) is 46.0. The molecule has 0 radical (unpaired) electrons. The predicted molar refractivity (Wildman–Crippen MR) is 291 cm³/mol. The van der Waals surface area contributed by atoms with Gasteiger partial charge in [-0.3, -0.25) is 9.69 Å². The van der Waals surface area contributed by atoms with E-state index >= 15 is 9.59 Å². The molecule has 6 spiro atoms. The van der Waals surface area contributed by atoms with E-state index in [0.29, 0.717) is 88.8 Å². The molecule has 9 bridgehead atoms. The number of carbonyl (C=O) groups excluding carboxylic acids is 2. The third-order valence-corrected chi connectivity index (χ3v) is 28.6. The number of aliphatic hydroxyl groups is 1. The molecular weight excluding hydrogens is 939 g/mol. The highest BCUT2D eigenvalue weighted by molar-refractivity contribution is 6.00. The molecule has 3 N–H and O–H groups in total. The molecule has 404 valence electrons. The second-order valence-corrected chi connectivity index (χ2v) is 30.3. The fraction of sp³-hybridized carbons (Fsp3) is 0.765. The molecule has 0 aromatic heterocycles. The van der Waals surface area contributed by atoms with E-state index in [4.69, 9.17) is 15.2 Å². The van der Waals surface area contributed by atoms with Gasteiger partial charge in [0, 0.05) is 66.1 Å². The van der Waals surface area contributed by atoms with Crippen molar-refractivity contribution >= 4 is 11.9 Å². The summed E-state index contributed by atoms with van der Waals surface area (Å²) < 4.78 is 15.1. The molecule has 7 aliphatic heterocycles. The van der Waals surface area contributed by atoms with Crippen LogP contribution in [0.2, 0.25) is 0 Å². The van der Waals surface area contributed by atoms with Gasteiger partial charge >= 0.3 is 11.9 Å². The molecule has 76 heavy (non-hydrogen) atoms. The van der Waals surface area contributed by atoms with Crippen LogP contribution in [0.1, 0.15) is 208 Å². The maximum atomic E-state index is 17.0. The Hall–Kier alpha value is -3.36. The maximum absolute atomic E-state index is 17.0. The number of benzene rings is 1. The van der Waals surface area contributed by atoms with Gasteiger partial charge in [-0.15, -0.1) is 0 Å². The molecule has 18 rings (SSSR count). The summed E-state index contributed by atoms with van der Waals surface area (Å²) >= 11 is 0. The van der Waals surface area contributed by atoms with Crippen molar-refractivity contribution in [1.29, 1.82) is 0 Å². The fourth-order valence-corrected chi connectivity index (χ4v) is 26.4. The Bertz CT molecular complexity index is 2870. The molecule has 10 fully saturated rings. The van der Waals surface area contributed by atoms with Crippen LogP contribution in [-0.4, -0.2) is 64.6 Å². The molecule has 1 aromatic rings. The summed E-state index contributed by atoms with van der Waals surface area (Å²) in [6.45, 7) is 5.54. The number of hydrogen-bond donors (Lipinski definition) is 2. The molecular formula is C68H87N3O5. The molecule has 17 aliphatic rings. The number of ether oxygens (including phenoxy) is 2. The predicted octanol–water partition coefficient (Wildman–Crippen LogP) is 13.3. The lowest BCUT2D eigenvalue weighted by atomic mass is 9.26. The Labute approximate surface area is 452 Å². The summed E-state index contributed by atoms with van der Waals surface area (Å²) in [6.07, 6.45) is 37.3. The van der Waals surface area contributed by atoms with Crippen LogP contribution in [0.25, 0.3) is 0 Å². The van der Waals surface area contributed by atoms with Crippen LogP contribution in [0.5, 0.6) is 0 Å². The number of fused-ring (bicyclic) bond motifs is 9.